The van der Waals surface area contributed by atoms with Gasteiger partial charge in [0, 0.05) is 18.3 Å². The Morgan fingerprint density at radius 1 is 1.64 bits per heavy atom. The normalized spacial score (nSPS) is 10.6. The first-order valence-corrected chi connectivity index (χ1v) is 4.88. The van der Waals surface area contributed by atoms with E-state index in [0.29, 0.717) is 5.56 Å². The molecule has 0 aliphatic heterocycles. The van der Waals surface area contributed by atoms with Crippen LogP contribution < -0.4 is 0 Å². The highest BCUT2D eigenvalue weighted by molar-refractivity contribution is 5.95. The van der Waals surface area contributed by atoms with Crippen molar-refractivity contribution in [3.05, 3.63) is 17.5 Å². The Morgan fingerprint density at radius 3 is 2.64 bits per heavy atom. The van der Waals surface area contributed by atoms with Gasteiger partial charge in [0.25, 0.3) is 5.91 Å². The fourth-order valence-corrected chi connectivity index (χ4v) is 1.46. The minimum absolute atomic E-state index is 0.0498. The summed E-state index contributed by atoms with van der Waals surface area (Å²) in [5.74, 6) is 0.0498. The van der Waals surface area contributed by atoms with E-state index in [0.717, 1.165) is 12.2 Å². The fraction of sp³-hybridized carbons (Fsp3) is 0.600. The maximum atomic E-state index is 12.0. The molecule has 0 unspecified atom stereocenters. The van der Waals surface area contributed by atoms with E-state index < -0.39 is 0 Å². The number of aryl methyl sites for hydroxylation is 1. The number of H-pyrrole nitrogens is 1. The fourth-order valence-electron chi connectivity index (χ4n) is 1.46. The number of carbonyl (C=O) groups is 1. The lowest BCUT2D eigenvalue weighted by Gasteiger charge is -2.24. The van der Waals surface area contributed by atoms with Gasteiger partial charge >= 0.3 is 0 Å². The Morgan fingerprint density at radius 2 is 2.29 bits per heavy atom. The lowest BCUT2D eigenvalue weighted by molar-refractivity contribution is 0.0716. The van der Waals surface area contributed by atoms with Gasteiger partial charge in [-0.3, -0.25) is 9.89 Å². The second-order valence-electron chi connectivity index (χ2n) is 3.59. The number of aromatic nitrogens is 2. The number of hydrogen-bond donors (Lipinski definition) is 1. The van der Waals surface area contributed by atoms with Crippen LogP contribution in [0.2, 0.25) is 0 Å². The Balaban J connectivity index is 2.89. The molecule has 4 nitrogen and oxygen atoms in total. The SMILES string of the molecule is CCN(C(=O)c1cn[nH]c1C)C(C)C. The van der Waals surface area contributed by atoms with Crippen molar-refractivity contribution >= 4 is 5.91 Å². The van der Waals surface area contributed by atoms with Crippen LogP contribution in [0.15, 0.2) is 6.20 Å². The molecule has 0 atom stereocenters. The predicted octanol–water partition coefficient (Wildman–Crippen LogP) is 1.59. The van der Waals surface area contributed by atoms with E-state index in [1.54, 1.807) is 6.20 Å². The Labute approximate surface area is 84.3 Å². The van der Waals surface area contributed by atoms with E-state index in [4.69, 9.17) is 0 Å². The molecule has 0 spiro atoms. The van der Waals surface area contributed by atoms with Crippen LogP contribution in [0.5, 0.6) is 0 Å². The first-order chi connectivity index (χ1) is 6.57. The standard InChI is InChI=1S/C10H17N3O/c1-5-13(7(2)3)10(14)9-6-11-12-8(9)4/h6-7H,5H2,1-4H3,(H,11,12). The van der Waals surface area contributed by atoms with Crippen molar-refractivity contribution in [2.45, 2.75) is 33.7 Å². The van der Waals surface area contributed by atoms with Crippen LogP contribution in [-0.4, -0.2) is 33.6 Å². The van der Waals surface area contributed by atoms with Crippen LogP contribution in [-0.2, 0) is 0 Å². The maximum Gasteiger partial charge on any atom is 0.257 e. The number of carbonyl (C=O) groups excluding carboxylic acids is 1. The van der Waals surface area contributed by atoms with Crippen LogP contribution in [0.25, 0.3) is 0 Å². The maximum absolute atomic E-state index is 12.0. The molecule has 1 rings (SSSR count). The van der Waals surface area contributed by atoms with E-state index in [-0.39, 0.29) is 11.9 Å². The van der Waals surface area contributed by atoms with Crippen LogP contribution in [0.4, 0.5) is 0 Å². The molecule has 1 aromatic rings. The van der Waals surface area contributed by atoms with Crippen LogP contribution >= 0.6 is 0 Å². The van der Waals surface area contributed by atoms with Gasteiger partial charge < -0.3 is 4.90 Å². The summed E-state index contributed by atoms with van der Waals surface area (Å²) in [5, 5.41) is 6.62. The summed E-state index contributed by atoms with van der Waals surface area (Å²) >= 11 is 0. The summed E-state index contributed by atoms with van der Waals surface area (Å²) in [7, 11) is 0. The Hall–Kier alpha value is -1.32. The van der Waals surface area contributed by atoms with Crippen LogP contribution in [0.3, 0.4) is 0 Å². The van der Waals surface area contributed by atoms with E-state index in [1.807, 2.05) is 32.6 Å². The summed E-state index contributed by atoms with van der Waals surface area (Å²) in [6.07, 6.45) is 1.59. The summed E-state index contributed by atoms with van der Waals surface area (Å²) in [6.45, 7) is 8.58. The lowest BCUT2D eigenvalue weighted by Crippen LogP contribution is -2.36. The molecule has 0 saturated heterocycles. The zero-order valence-electron chi connectivity index (χ0n) is 9.16. The second kappa shape index (κ2) is 4.26. The third-order valence-corrected chi connectivity index (χ3v) is 2.29. The molecule has 4 heteroatoms. The van der Waals surface area contributed by atoms with Gasteiger partial charge in [-0.1, -0.05) is 0 Å². The molecule has 0 aliphatic rings. The summed E-state index contributed by atoms with van der Waals surface area (Å²) < 4.78 is 0. The molecule has 0 aliphatic carbocycles. The number of rotatable bonds is 3. The molecule has 0 radical (unpaired) electrons. The third-order valence-electron chi connectivity index (χ3n) is 2.29. The molecule has 1 heterocycles. The van der Waals surface area contributed by atoms with Crippen molar-refractivity contribution in [2.75, 3.05) is 6.54 Å². The predicted molar refractivity (Wildman–Crippen MR) is 55.2 cm³/mol. The number of aromatic amines is 1. The zero-order valence-corrected chi connectivity index (χ0v) is 9.16. The smallest absolute Gasteiger partial charge is 0.257 e. The van der Waals surface area contributed by atoms with E-state index in [2.05, 4.69) is 10.2 Å². The van der Waals surface area contributed by atoms with Gasteiger partial charge in [0.2, 0.25) is 0 Å². The topological polar surface area (TPSA) is 49.0 Å². The summed E-state index contributed by atoms with van der Waals surface area (Å²) in [6, 6.07) is 0.224. The second-order valence-corrected chi connectivity index (χ2v) is 3.59. The van der Waals surface area contributed by atoms with Gasteiger partial charge in [-0.15, -0.1) is 0 Å². The summed E-state index contributed by atoms with van der Waals surface area (Å²) in [5.41, 5.74) is 1.50. The first kappa shape index (κ1) is 10.8. The molecule has 0 saturated carbocycles. The molecular formula is C10H17N3O. The Bertz CT molecular complexity index is 317. The minimum Gasteiger partial charge on any atom is -0.336 e. The van der Waals surface area contributed by atoms with Gasteiger partial charge in [-0.25, -0.2) is 0 Å². The van der Waals surface area contributed by atoms with Gasteiger partial charge in [0.05, 0.1) is 11.8 Å². The molecule has 0 aromatic carbocycles. The van der Waals surface area contributed by atoms with Crippen molar-refractivity contribution in [3.63, 3.8) is 0 Å². The number of nitrogens with zero attached hydrogens (tertiary/aromatic N) is 2. The highest BCUT2D eigenvalue weighted by Gasteiger charge is 2.19. The minimum atomic E-state index is 0.0498. The van der Waals surface area contributed by atoms with Crippen LogP contribution in [0, 0.1) is 6.92 Å². The van der Waals surface area contributed by atoms with E-state index in [1.165, 1.54) is 0 Å². The molecule has 14 heavy (non-hydrogen) atoms. The molecule has 1 amide bonds. The molecule has 78 valence electrons. The van der Waals surface area contributed by atoms with Crippen molar-refractivity contribution in [1.29, 1.82) is 0 Å². The van der Waals surface area contributed by atoms with E-state index >= 15 is 0 Å². The quantitative estimate of drug-likeness (QED) is 0.796. The van der Waals surface area contributed by atoms with Crippen molar-refractivity contribution in [1.82, 2.24) is 15.1 Å². The van der Waals surface area contributed by atoms with Gasteiger partial charge in [-0.2, -0.15) is 5.10 Å². The molecule has 1 aromatic heterocycles. The van der Waals surface area contributed by atoms with Crippen LogP contribution in [0.1, 0.15) is 36.8 Å². The van der Waals surface area contributed by atoms with E-state index in [9.17, 15) is 4.79 Å². The zero-order chi connectivity index (χ0) is 10.7. The average Bonchev–Trinajstić information content (AvgIpc) is 2.51. The van der Waals surface area contributed by atoms with Gasteiger partial charge in [-0.05, 0) is 27.7 Å². The van der Waals surface area contributed by atoms with Gasteiger partial charge in [0.15, 0.2) is 0 Å². The first-order valence-electron chi connectivity index (χ1n) is 4.88. The van der Waals surface area contributed by atoms with Crippen molar-refractivity contribution < 1.29 is 4.79 Å². The molecule has 0 bridgehead atoms. The number of nitrogens with one attached hydrogen (secondary N) is 1. The molecular weight excluding hydrogens is 178 g/mol. The molecule has 1 N–H and O–H groups in total. The monoisotopic (exact) mass is 195 g/mol. The van der Waals surface area contributed by atoms with Crippen molar-refractivity contribution in [2.24, 2.45) is 0 Å². The highest BCUT2D eigenvalue weighted by atomic mass is 16.2. The largest absolute Gasteiger partial charge is 0.336 e. The number of hydrogen-bond acceptors (Lipinski definition) is 2. The van der Waals surface area contributed by atoms with Gasteiger partial charge in [0.1, 0.15) is 0 Å². The molecule has 0 fully saturated rings. The lowest BCUT2D eigenvalue weighted by atomic mass is 10.2. The summed E-state index contributed by atoms with van der Waals surface area (Å²) in [4.78, 5) is 13.8. The third kappa shape index (κ3) is 1.95. The highest BCUT2D eigenvalue weighted by Crippen LogP contribution is 2.09. The average molecular weight is 195 g/mol. The number of amides is 1. The Kier molecular flexibility index (Phi) is 3.28. The van der Waals surface area contributed by atoms with Crippen molar-refractivity contribution in [3.8, 4) is 0 Å².